The summed E-state index contributed by atoms with van der Waals surface area (Å²) in [4.78, 5) is 26.9. The summed E-state index contributed by atoms with van der Waals surface area (Å²) in [6.07, 6.45) is 15.4. The van der Waals surface area contributed by atoms with Crippen LogP contribution in [0, 0.1) is 12.8 Å². The van der Waals surface area contributed by atoms with E-state index in [2.05, 4.69) is 85.5 Å². The molecule has 1 aliphatic rings. The number of hydrogen-bond acceptors (Lipinski definition) is 7. The van der Waals surface area contributed by atoms with E-state index in [9.17, 15) is 9.59 Å². The summed E-state index contributed by atoms with van der Waals surface area (Å²) in [6, 6.07) is 19.1. The molecule has 1 heterocycles. The van der Waals surface area contributed by atoms with E-state index in [-0.39, 0.29) is 11.2 Å². The van der Waals surface area contributed by atoms with E-state index in [0.717, 1.165) is 48.5 Å². The number of nitrogens with one attached hydrogen (secondary N) is 1. The summed E-state index contributed by atoms with van der Waals surface area (Å²) in [5.74, 6) is 0.709. The molecule has 1 aliphatic carbocycles. The summed E-state index contributed by atoms with van der Waals surface area (Å²) in [6.45, 7) is 11.9. The minimum atomic E-state index is -0.498. The molecule has 1 aromatic heterocycles. The summed E-state index contributed by atoms with van der Waals surface area (Å²) in [5.41, 5.74) is 4.61. The first kappa shape index (κ1) is 37.2. The van der Waals surface area contributed by atoms with Crippen molar-refractivity contribution in [1.82, 2.24) is 10.2 Å². The van der Waals surface area contributed by atoms with E-state index in [1.54, 1.807) is 37.5 Å². The quantitative estimate of drug-likeness (QED) is 0.0682. The zero-order valence-electron chi connectivity index (χ0n) is 28.0. The van der Waals surface area contributed by atoms with E-state index >= 15 is 0 Å². The van der Waals surface area contributed by atoms with E-state index < -0.39 is 5.41 Å². The van der Waals surface area contributed by atoms with Crippen molar-refractivity contribution >= 4 is 34.5 Å². The number of nitrogens with zero attached hydrogens (tertiary/aromatic N) is 1. The molecule has 0 amide bonds. The van der Waals surface area contributed by atoms with Crippen LogP contribution in [0.5, 0.6) is 0 Å². The molecule has 4 rings (SSSR count). The van der Waals surface area contributed by atoms with E-state index in [0.29, 0.717) is 5.92 Å². The molecule has 2 unspecified atom stereocenters. The Kier molecular flexibility index (Phi) is 15.7. The van der Waals surface area contributed by atoms with Gasteiger partial charge in [-0.2, -0.15) is 0 Å². The number of aryl methyl sites for hydroxylation is 1. The fourth-order valence-electron chi connectivity index (χ4n) is 5.12. The number of aldehydes is 1. The third-order valence-corrected chi connectivity index (χ3v) is 10.1. The highest BCUT2D eigenvalue weighted by atomic mass is 32.2. The highest BCUT2D eigenvalue weighted by Crippen LogP contribution is 2.34. The van der Waals surface area contributed by atoms with Crippen LogP contribution in [-0.4, -0.2) is 49.7 Å². The number of benzene rings is 2. The number of ether oxygens (including phenoxy) is 1. The molecule has 0 spiro atoms. The van der Waals surface area contributed by atoms with E-state index in [1.807, 2.05) is 30.5 Å². The van der Waals surface area contributed by atoms with Crippen molar-refractivity contribution in [1.29, 1.82) is 0 Å². The van der Waals surface area contributed by atoms with Crippen LogP contribution in [-0.2, 0) is 39.1 Å². The Labute approximate surface area is 284 Å². The van der Waals surface area contributed by atoms with Gasteiger partial charge in [-0.3, -0.25) is 4.79 Å². The van der Waals surface area contributed by atoms with Gasteiger partial charge < -0.3 is 19.7 Å². The fourth-order valence-corrected chi connectivity index (χ4v) is 6.77. The minimum Gasteiger partial charge on any atom is -0.377 e. The first-order chi connectivity index (χ1) is 22.2. The molecule has 2 aromatic carbocycles. The second-order valence-electron chi connectivity index (χ2n) is 12.0. The fraction of sp³-hybridized carbons (Fsp3) is 0.385. The second kappa shape index (κ2) is 19.4. The monoisotopic (exact) mass is 658 g/mol. The maximum Gasteiger partial charge on any atom is 0.190 e. The standard InChI is InChI=1S/C28H38N2O2S.C11H12OS/c1-21-7-5-10-26(28(21)33-22(2)31)14-17-29-16-13-23-8-6-9-24(19-23)20-30(3)18-15-27(32-4)25-11-12-25;1-3-4-7-11(2,9-12)10-6-5-8-13-10/h5-10,15,18-19,25,27,29H,11-14,16-17,20H2,1-4H3;3-9H,1H2,2H3/b18-15+;7-4+. The number of hydrogen-bond donors (Lipinski definition) is 1. The Bertz CT molecular complexity index is 1450. The number of carbonyl (C=O) groups excluding carboxylic acids is 2. The average Bonchev–Trinajstić information content (AvgIpc) is 3.72. The van der Waals surface area contributed by atoms with Gasteiger partial charge in [-0.25, -0.2) is 0 Å². The Morgan fingerprint density at radius 2 is 1.89 bits per heavy atom. The molecule has 5 nitrogen and oxygen atoms in total. The molecule has 246 valence electrons. The van der Waals surface area contributed by atoms with Crippen LogP contribution in [0.2, 0.25) is 0 Å². The van der Waals surface area contributed by atoms with Crippen molar-refractivity contribution in [2.75, 3.05) is 27.2 Å². The highest BCUT2D eigenvalue weighted by Gasteiger charge is 2.29. The van der Waals surface area contributed by atoms with Gasteiger partial charge in [0, 0.05) is 37.4 Å². The Balaban J connectivity index is 0.000000370. The first-order valence-electron chi connectivity index (χ1n) is 16.0. The van der Waals surface area contributed by atoms with Gasteiger partial charge in [-0.15, -0.1) is 11.3 Å². The van der Waals surface area contributed by atoms with E-state index in [1.165, 1.54) is 46.9 Å². The molecule has 0 aliphatic heterocycles. The highest BCUT2D eigenvalue weighted by molar-refractivity contribution is 8.13. The lowest BCUT2D eigenvalue weighted by Crippen LogP contribution is -2.20. The first-order valence-corrected chi connectivity index (χ1v) is 17.7. The smallest absolute Gasteiger partial charge is 0.190 e. The van der Waals surface area contributed by atoms with Gasteiger partial charge in [0.05, 0.1) is 11.5 Å². The Morgan fingerprint density at radius 3 is 2.54 bits per heavy atom. The molecule has 2 atom stereocenters. The summed E-state index contributed by atoms with van der Waals surface area (Å²) in [5, 5.41) is 5.68. The normalized spacial score (nSPS) is 14.8. The zero-order chi connectivity index (χ0) is 33.4. The topological polar surface area (TPSA) is 58.6 Å². The third-order valence-electron chi connectivity index (χ3n) is 7.89. The van der Waals surface area contributed by atoms with Gasteiger partial charge in [0.15, 0.2) is 5.12 Å². The lowest BCUT2D eigenvalue weighted by Gasteiger charge is -2.17. The van der Waals surface area contributed by atoms with Gasteiger partial charge in [-0.1, -0.05) is 85.1 Å². The number of thiophene rings is 1. The van der Waals surface area contributed by atoms with Crippen LogP contribution in [0.1, 0.15) is 53.8 Å². The predicted molar refractivity (Wildman–Crippen MR) is 196 cm³/mol. The van der Waals surface area contributed by atoms with Gasteiger partial charge in [-0.05, 0) is 105 Å². The van der Waals surface area contributed by atoms with Crippen molar-refractivity contribution in [3.63, 3.8) is 0 Å². The summed E-state index contributed by atoms with van der Waals surface area (Å²) in [7, 11) is 3.92. The maximum absolute atomic E-state index is 11.6. The maximum atomic E-state index is 11.6. The number of carbonyl (C=O) groups is 2. The molecular weight excluding hydrogens is 609 g/mol. The molecule has 0 radical (unpaired) electrons. The van der Waals surface area contributed by atoms with Crippen molar-refractivity contribution in [3.05, 3.63) is 124 Å². The molecule has 1 N–H and O–H groups in total. The molecule has 7 heteroatoms. The molecule has 1 fully saturated rings. The number of thioether (sulfide) groups is 1. The van der Waals surface area contributed by atoms with E-state index in [4.69, 9.17) is 4.74 Å². The van der Waals surface area contributed by atoms with Crippen LogP contribution >= 0.6 is 23.1 Å². The van der Waals surface area contributed by atoms with Gasteiger partial charge in [0.1, 0.15) is 6.29 Å². The summed E-state index contributed by atoms with van der Waals surface area (Å²) < 4.78 is 5.58. The SMILES string of the molecule is C=C/C=C/C(C)(C=O)c1cccs1.COC(/C=C/N(C)Cc1cccc(CCNCCc2cccc(C)c2SC(C)=O)c1)C1CC1. The molecule has 0 bridgehead atoms. The van der Waals surface area contributed by atoms with Crippen LogP contribution in [0.4, 0.5) is 0 Å². The lowest BCUT2D eigenvalue weighted by molar-refractivity contribution is -0.111. The molecule has 0 saturated heterocycles. The van der Waals surface area contributed by atoms with Gasteiger partial charge >= 0.3 is 0 Å². The van der Waals surface area contributed by atoms with Gasteiger partial charge in [0.2, 0.25) is 0 Å². The summed E-state index contributed by atoms with van der Waals surface area (Å²) >= 11 is 2.93. The Hall–Kier alpha value is -3.23. The molecule has 1 saturated carbocycles. The third kappa shape index (κ3) is 12.5. The van der Waals surface area contributed by atoms with Crippen LogP contribution in [0.3, 0.4) is 0 Å². The van der Waals surface area contributed by atoms with Crippen LogP contribution in [0.15, 0.2) is 102 Å². The van der Waals surface area contributed by atoms with Crippen LogP contribution in [0.25, 0.3) is 0 Å². The lowest BCUT2D eigenvalue weighted by atomic mass is 9.90. The average molecular weight is 659 g/mol. The largest absolute Gasteiger partial charge is 0.377 e. The Morgan fingerprint density at radius 1 is 1.15 bits per heavy atom. The second-order valence-corrected chi connectivity index (χ2v) is 14.1. The van der Waals surface area contributed by atoms with Crippen molar-refractivity contribution < 1.29 is 14.3 Å². The molecule has 46 heavy (non-hydrogen) atoms. The molecule has 3 aromatic rings. The minimum absolute atomic E-state index is 0.140. The molecular formula is C39H50N2O3S2. The predicted octanol–water partition coefficient (Wildman–Crippen LogP) is 8.33. The number of rotatable bonds is 17. The number of allylic oxidation sites excluding steroid dienone is 3. The van der Waals surface area contributed by atoms with Crippen molar-refractivity contribution in [2.45, 2.75) is 69.4 Å². The van der Waals surface area contributed by atoms with Gasteiger partial charge in [0.25, 0.3) is 0 Å². The number of methoxy groups -OCH3 is 1. The van der Waals surface area contributed by atoms with Crippen LogP contribution < -0.4 is 5.32 Å². The van der Waals surface area contributed by atoms with Crippen molar-refractivity contribution in [3.8, 4) is 0 Å². The zero-order valence-corrected chi connectivity index (χ0v) is 29.7. The van der Waals surface area contributed by atoms with Crippen molar-refractivity contribution in [2.24, 2.45) is 5.92 Å².